The first kappa shape index (κ1) is 13.2. The highest BCUT2D eigenvalue weighted by Crippen LogP contribution is 2.35. The van der Waals surface area contributed by atoms with E-state index in [1.54, 1.807) is 0 Å². The maximum atomic E-state index is 12.2. The summed E-state index contributed by atoms with van der Waals surface area (Å²) in [5, 5.41) is 0. The molecule has 2 nitrogen and oxygen atoms in total. The molecule has 0 saturated carbocycles. The van der Waals surface area contributed by atoms with E-state index in [0.717, 1.165) is 18.5 Å². The third kappa shape index (κ3) is 2.43. The molecule has 104 valence electrons. The number of hydrogen-bond acceptors (Lipinski definition) is 1. The molecule has 0 amide bonds. The lowest BCUT2D eigenvalue weighted by atomic mass is 9.76. The number of ketones is 1. The highest BCUT2D eigenvalue weighted by molar-refractivity contribution is 5.98. The maximum absolute atomic E-state index is 12.2. The molecule has 1 heterocycles. The van der Waals surface area contributed by atoms with Crippen molar-refractivity contribution in [1.29, 1.82) is 0 Å². The largest absolute Gasteiger partial charge is 0.346 e. The average Bonchev–Trinajstić information content (AvgIpc) is 2.74. The Kier molecular flexibility index (Phi) is 3.04. The standard InChI is InChI=1S/C18H21NO/c1-13-4-6-14(7-5-13)12-19-9-8-15-16(19)10-18(2,3)11-17(15)20/h4-9H,10-12H2,1-3H3. The maximum Gasteiger partial charge on any atom is 0.165 e. The van der Waals surface area contributed by atoms with Crippen molar-refractivity contribution in [2.24, 2.45) is 5.41 Å². The SMILES string of the molecule is Cc1ccc(Cn2ccc3c2CC(C)(C)CC3=O)cc1. The van der Waals surface area contributed by atoms with E-state index in [1.165, 1.54) is 16.8 Å². The molecule has 2 aromatic rings. The second-order valence-corrected chi connectivity index (χ2v) is 6.73. The zero-order chi connectivity index (χ0) is 14.3. The smallest absolute Gasteiger partial charge is 0.165 e. The van der Waals surface area contributed by atoms with Crippen LogP contribution in [0.2, 0.25) is 0 Å². The predicted molar refractivity (Wildman–Crippen MR) is 81.1 cm³/mol. The minimum atomic E-state index is 0.0768. The fraction of sp³-hybridized carbons (Fsp3) is 0.389. The molecule has 0 N–H and O–H groups in total. The fourth-order valence-electron chi connectivity index (χ4n) is 3.04. The van der Waals surface area contributed by atoms with Crippen molar-refractivity contribution in [2.45, 2.75) is 40.2 Å². The monoisotopic (exact) mass is 267 g/mol. The Morgan fingerprint density at radius 3 is 2.50 bits per heavy atom. The zero-order valence-electron chi connectivity index (χ0n) is 12.4. The Bertz CT molecular complexity index is 647. The summed E-state index contributed by atoms with van der Waals surface area (Å²) in [6.07, 6.45) is 3.70. The first-order valence-corrected chi connectivity index (χ1v) is 7.21. The van der Waals surface area contributed by atoms with Crippen molar-refractivity contribution in [3.05, 3.63) is 58.9 Å². The van der Waals surface area contributed by atoms with Crippen LogP contribution in [0.1, 0.15) is 47.4 Å². The number of aromatic nitrogens is 1. The number of hydrogen-bond donors (Lipinski definition) is 0. The van der Waals surface area contributed by atoms with Crippen LogP contribution < -0.4 is 0 Å². The summed E-state index contributed by atoms with van der Waals surface area (Å²) in [5.74, 6) is 0.291. The van der Waals surface area contributed by atoms with Crippen LogP contribution in [-0.2, 0) is 13.0 Å². The summed E-state index contributed by atoms with van der Waals surface area (Å²) in [7, 11) is 0. The average molecular weight is 267 g/mol. The molecule has 0 atom stereocenters. The van der Waals surface area contributed by atoms with Gasteiger partial charge in [-0.2, -0.15) is 0 Å². The summed E-state index contributed by atoms with van der Waals surface area (Å²) >= 11 is 0. The summed E-state index contributed by atoms with van der Waals surface area (Å²) in [4.78, 5) is 12.2. The van der Waals surface area contributed by atoms with Gasteiger partial charge in [-0.1, -0.05) is 43.7 Å². The van der Waals surface area contributed by atoms with Crippen LogP contribution in [0.4, 0.5) is 0 Å². The van der Waals surface area contributed by atoms with Gasteiger partial charge in [-0.15, -0.1) is 0 Å². The van der Waals surface area contributed by atoms with Crippen LogP contribution in [0.3, 0.4) is 0 Å². The van der Waals surface area contributed by atoms with Crippen molar-refractivity contribution >= 4 is 5.78 Å². The molecule has 0 unspecified atom stereocenters. The molecule has 1 aliphatic rings. The van der Waals surface area contributed by atoms with E-state index < -0.39 is 0 Å². The molecule has 1 aromatic heterocycles. The van der Waals surface area contributed by atoms with Crippen LogP contribution in [0.5, 0.6) is 0 Å². The van der Waals surface area contributed by atoms with Gasteiger partial charge in [0.25, 0.3) is 0 Å². The van der Waals surface area contributed by atoms with E-state index in [9.17, 15) is 4.79 Å². The molecule has 1 aliphatic carbocycles. The summed E-state index contributed by atoms with van der Waals surface area (Å²) in [6, 6.07) is 10.6. The van der Waals surface area contributed by atoms with Crippen LogP contribution >= 0.6 is 0 Å². The lowest BCUT2D eigenvalue weighted by Crippen LogP contribution is -2.28. The number of benzene rings is 1. The number of fused-ring (bicyclic) bond motifs is 1. The minimum absolute atomic E-state index is 0.0768. The molecule has 0 saturated heterocycles. The molecular weight excluding hydrogens is 246 g/mol. The topological polar surface area (TPSA) is 22.0 Å². The van der Waals surface area contributed by atoms with E-state index in [0.29, 0.717) is 12.2 Å². The number of carbonyl (C=O) groups is 1. The van der Waals surface area contributed by atoms with Gasteiger partial charge in [-0.3, -0.25) is 4.79 Å². The van der Waals surface area contributed by atoms with Gasteiger partial charge in [0.15, 0.2) is 5.78 Å². The molecule has 20 heavy (non-hydrogen) atoms. The molecule has 0 radical (unpaired) electrons. The Morgan fingerprint density at radius 1 is 1.10 bits per heavy atom. The van der Waals surface area contributed by atoms with E-state index in [-0.39, 0.29) is 5.41 Å². The van der Waals surface area contributed by atoms with Crippen molar-refractivity contribution in [2.75, 3.05) is 0 Å². The normalized spacial score (nSPS) is 17.1. The Balaban J connectivity index is 1.93. The number of nitrogens with zero attached hydrogens (tertiary/aromatic N) is 1. The molecule has 0 spiro atoms. The molecule has 0 aliphatic heterocycles. The first-order chi connectivity index (χ1) is 9.44. The Labute approximate surface area is 120 Å². The predicted octanol–water partition coefficient (Wildman–Crippen LogP) is 4.00. The Morgan fingerprint density at radius 2 is 1.80 bits per heavy atom. The van der Waals surface area contributed by atoms with Gasteiger partial charge >= 0.3 is 0 Å². The molecule has 3 rings (SSSR count). The highest BCUT2D eigenvalue weighted by Gasteiger charge is 2.32. The van der Waals surface area contributed by atoms with Gasteiger partial charge < -0.3 is 4.57 Å². The van der Waals surface area contributed by atoms with E-state index in [1.807, 2.05) is 6.07 Å². The van der Waals surface area contributed by atoms with Crippen LogP contribution in [0.25, 0.3) is 0 Å². The highest BCUT2D eigenvalue weighted by atomic mass is 16.1. The lowest BCUT2D eigenvalue weighted by molar-refractivity contribution is 0.0910. The van der Waals surface area contributed by atoms with Crippen molar-refractivity contribution in [3.8, 4) is 0 Å². The molecule has 1 aromatic carbocycles. The Hall–Kier alpha value is -1.83. The van der Waals surface area contributed by atoms with Gasteiger partial charge in [-0.25, -0.2) is 0 Å². The van der Waals surface area contributed by atoms with E-state index >= 15 is 0 Å². The van der Waals surface area contributed by atoms with Crippen LogP contribution in [0, 0.1) is 12.3 Å². The van der Waals surface area contributed by atoms with Gasteiger partial charge in [0.2, 0.25) is 0 Å². The van der Waals surface area contributed by atoms with Gasteiger partial charge in [0.05, 0.1) is 0 Å². The fourth-order valence-corrected chi connectivity index (χ4v) is 3.04. The number of rotatable bonds is 2. The van der Waals surface area contributed by atoms with Gasteiger partial charge in [-0.05, 0) is 30.4 Å². The van der Waals surface area contributed by atoms with E-state index in [4.69, 9.17) is 0 Å². The van der Waals surface area contributed by atoms with Gasteiger partial charge in [0.1, 0.15) is 0 Å². The van der Waals surface area contributed by atoms with E-state index in [2.05, 4.69) is 55.8 Å². The molecule has 0 bridgehead atoms. The third-order valence-corrected chi connectivity index (χ3v) is 4.14. The number of aryl methyl sites for hydroxylation is 1. The van der Waals surface area contributed by atoms with Crippen molar-refractivity contribution in [3.63, 3.8) is 0 Å². The molecule has 0 fully saturated rings. The lowest BCUT2D eigenvalue weighted by Gasteiger charge is -2.29. The number of carbonyl (C=O) groups excluding carboxylic acids is 1. The minimum Gasteiger partial charge on any atom is -0.346 e. The molecule has 2 heteroatoms. The van der Waals surface area contributed by atoms with Crippen LogP contribution in [0.15, 0.2) is 36.5 Å². The summed E-state index contributed by atoms with van der Waals surface area (Å²) in [5.41, 5.74) is 4.76. The van der Waals surface area contributed by atoms with Crippen LogP contribution in [-0.4, -0.2) is 10.4 Å². The summed E-state index contributed by atoms with van der Waals surface area (Å²) < 4.78 is 2.23. The second kappa shape index (κ2) is 4.62. The second-order valence-electron chi connectivity index (χ2n) is 6.73. The van der Waals surface area contributed by atoms with Crippen molar-refractivity contribution in [1.82, 2.24) is 4.57 Å². The third-order valence-electron chi connectivity index (χ3n) is 4.14. The first-order valence-electron chi connectivity index (χ1n) is 7.21. The number of Topliss-reactive ketones (excluding diaryl/α,β-unsaturated/α-hetero) is 1. The quantitative estimate of drug-likeness (QED) is 0.806. The van der Waals surface area contributed by atoms with Crippen molar-refractivity contribution < 1.29 is 4.79 Å². The zero-order valence-corrected chi connectivity index (χ0v) is 12.4. The molecular formula is C18H21NO. The van der Waals surface area contributed by atoms with Gasteiger partial charge in [0, 0.05) is 30.4 Å². The summed E-state index contributed by atoms with van der Waals surface area (Å²) in [6.45, 7) is 7.30.